The van der Waals surface area contributed by atoms with Crippen LogP contribution in [-0.2, 0) is 4.74 Å². The number of β-amino-alcohol motifs (C(OH)–C–C–N with tert-alkyl or cyclic N) is 1. The van der Waals surface area contributed by atoms with Crippen molar-refractivity contribution < 1.29 is 14.6 Å². The molecule has 3 atom stereocenters. The lowest BCUT2D eigenvalue weighted by Crippen LogP contribution is -2.52. The van der Waals surface area contributed by atoms with Gasteiger partial charge in [0.2, 0.25) is 0 Å². The summed E-state index contributed by atoms with van der Waals surface area (Å²) in [5, 5.41) is 13.3. The van der Waals surface area contributed by atoms with Gasteiger partial charge in [-0.15, -0.1) is 0 Å². The van der Waals surface area contributed by atoms with Crippen LogP contribution in [0.2, 0.25) is 0 Å². The van der Waals surface area contributed by atoms with Gasteiger partial charge in [0.25, 0.3) is 0 Å². The van der Waals surface area contributed by atoms with E-state index in [0.29, 0.717) is 19.0 Å². The predicted octanol–water partition coefficient (Wildman–Crippen LogP) is 0.434. The van der Waals surface area contributed by atoms with Gasteiger partial charge in [-0.05, 0) is 26.7 Å². The summed E-state index contributed by atoms with van der Waals surface area (Å²) in [6.07, 6.45) is -0.752. The molecule has 3 unspecified atom stereocenters. The maximum absolute atomic E-state index is 11.9. The van der Waals surface area contributed by atoms with E-state index in [1.807, 2.05) is 20.8 Å². The Morgan fingerprint density at radius 2 is 2.06 bits per heavy atom. The maximum atomic E-state index is 11.9. The summed E-state index contributed by atoms with van der Waals surface area (Å²) >= 11 is 0. The molecule has 2 heterocycles. The Kier molecular flexibility index (Phi) is 3.32. The molecule has 0 spiro atoms. The minimum atomic E-state index is -0.479. The summed E-state index contributed by atoms with van der Waals surface area (Å²) in [4.78, 5) is 13.5. The highest BCUT2D eigenvalue weighted by atomic mass is 16.6. The number of aliphatic hydroxyl groups is 1. The number of nitrogens with zero attached hydrogens (tertiary/aromatic N) is 1. The van der Waals surface area contributed by atoms with Crippen molar-refractivity contribution >= 4 is 6.09 Å². The number of hydrogen-bond donors (Lipinski definition) is 2. The predicted molar refractivity (Wildman–Crippen MR) is 63.7 cm³/mol. The van der Waals surface area contributed by atoms with Crippen LogP contribution in [0.4, 0.5) is 4.79 Å². The Hall–Kier alpha value is -0.810. The van der Waals surface area contributed by atoms with Gasteiger partial charge in [-0.3, -0.25) is 0 Å². The van der Waals surface area contributed by atoms with E-state index >= 15 is 0 Å². The van der Waals surface area contributed by atoms with E-state index in [2.05, 4.69) is 5.32 Å². The average molecular weight is 242 g/mol. The number of carbonyl (C=O) groups is 1. The van der Waals surface area contributed by atoms with E-state index in [4.69, 9.17) is 4.74 Å². The topological polar surface area (TPSA) is 61.8 Å². The molecule has 0 saturated carbocycles. The van der Waals surface area contributed by atoms with Gasteiger partial charge in [0.15, 0.2) is 0 Å². The first-order valence-corrected chi connectivity index (χ1v) is 6.23. The molecule has 98 valence electrons. The van der Waals surface area contributed by atoms with Crippen LogP contribution in [0.5, 0.6) is 0 Å². The first kappa shape index (κ1) is 12.6. The zero-order chi connectivity index (χ0) is 12.6. The third-order valence-electron chi connectivity index (χ3n) is 3.40. The van der Waals surface area contributed by atoms with Crippen molar-refractivity contribution in [3.63, 3.8) is 0 Å². The summed E-state index contributed by atoms with van der Waals surface area (Å²) in [6, 6.07) is 0. The normalized spacial score (nSPS) is 33.4. The van der Waals surface area contributed by atoms with E-state index in [-0.39, 0.29) is 12.0 Å². The molecule has 2 fully saturated rings. The van der Waals surface area contributed by atoms with Crippen LogP contribution in [-0.4, -0.2) is 54.0 Å². The van der Waals surface area contributed by atoms with Crippen LogP contribution < -0.4 is 5.32 Å². The van der Waals surface area contributed by atoms with Crippen molar-refractivity contribution in [3.8, 4) is 0 Å². The maximum Gasteiger partial charge on any atom is 0.410 e. The van der Waals surface area contributed by atoms with E-state index in [1.54, 1.807) is 4.90 Å². The SMILES string of the molecule is CC(C)(C)OC(=O)N1CC(O)C2CNCC2C1. The van der Waals surface area contributed by atoms with E-state index in [0.717, 1.165) is 13.1 Å². The van der Waals surface area contributed by atoms with Crippen molar-refractivity contribution in [2.75, 3.05) is 26.2 Å². The number of ether oxygens (including phenoxy) is 1. The van der Waals surface area contributed by atoms with Gasteiger partial charge in [-0.25, -0.2) is 4.79 Å². The molecule has 5 nitrogen and oxygen atoms in total. The molecule has 0 radical (unpaired) electrons. The third kappa shape index (κ3) is 2.90. The van der Waals surface area contributed by atoms with Gasteiger partial charge in [0, 0.05) is 25.6 Å². The van der Waals surface area contributed by atoms with Crippen molar-refractivity contribution in [3.05, 3.63) is 0 Å². The van der Waals surface area contributed by atoms with Crippen LogP contribution in [0.25, 0.3) is 0 Å². The molecule has 0 aromatic carbocycles. The summed E-state index contributed by atoms with van der Waals surface area (Å²) in [5.41, 5.74) is -0.479. The molecule has 2 N–H and O–H groups in total. The lowest BCUT2D eigenvalue weighted by atomic mass is 9.86. The summed E-state index contributed by atoms with van der Waals surface area (Å²) in [7, 11) is 0. The van der Waals surface area contributed by atoms with Crippen molar-refractivity contribution in [2.45, 2.75) is 32.5 Å². The number of amides is 1. The molecule has 2 saturated heterocycles. The standard InChI is InChI=1S/C12H22N2O3/c1-12(2,3)17-11(16)14-6-8-4-13-5-9(8)10(15)7-14/h8-10,13,15H,4-7H2,1-3H3. The Balaban J connectivity index is 1.96. The van der Waals surface area contributed by atoms with Crippen LogP contribution in [0.1, 0.15) is 20.8 Å². The van der Waals surface area contributed by atoms with Gasteiger partial charge in [-0.2, -0.15) is 0 Å². The van der Waals surface area contributed by atoms with Crippen molar-refractivity contribution in [1.82, 2.24) is 10.2 Å². The number of piperidine rings is 1. The highest BCUT2D eigenvalue weighted by Crippen LogP contribution is 2.27. The molecule has 2 rings (SSSR count). The Morgan fingerprint density at radius 1 is 1.35 bits per heavy atom. The number of nitrogens with one attached hydrogen (secondary N) is 1. The summed E-state index contributed by atoms with van der Waals surface area (Å²) in [6.45, 7) is 8.36. The largest absolute Gasteiger partial charge is 0.444 e. The van der Waals surface area contributed by atoms with Gasteiger partial charge in [0.05, 0.1) is 12.6 Å². The second-order valence-corrected chi connectivity index (χ2v) is 6.03. The second kappa shape index (κ2) is 4.46. The Bertz CT molecular complexity index is 301. The van der Waals surface area contributed by atoms with Crippen molar-refractivity contribution in [1.29, 1.82) is 0 Å². The van der Waals surface area contributed by atoms with Crippen molar-refractivity contribution in [2.24, 2.45) is 11.8 Å². The number of rotatable bonds is 0. The molecular formula is C12H22N2O3. The van der Waals surface area contributed by atoms with E-state index in [9.17, 15) is 9.90 Å². The first-order valence-electron chi connectivity index (χ1n) is 6.23. The zero-order valence-corrected chi connectivity index (χ0v) is 10.8. The van der Waals surface area contributed by atoms with Gasteiger partial charge >= 0.3 is 6.09 Å². The summed E-state index contributed by atoms with van der Waals surface area (Å²) < 4.78 is 5.33. The van der Waals surface area contributed by atoms with Crippen LogP contribution in [0.15, 0.2) is 0 Å². The molecule has 17 heavy (non-hydrogen) atoms. The highest BCUT2D eigenvalue weighted by Gasteiger charge is 2.41. The Morgan fingerprint density at radius 3 is 2.71 bits per heavy atom. The highest BCUT2D eigenvalue weighted by molar-refractivity contribution is 5.68. The lowest BCUT2D eigenvalue weighted by molar-refractivity contribution is -0.0219. The van der Waals surface area contributed by atoms with E-state index in [1.165, 1.54) is 0 Å². The Labute approximate surface area is 102 Å². The number of likely N-dealkylation sites (tertiary alicyclic amines) is 1. The molecular weight excluding hydrogens is 220 g/mol. The fraction of sp³-hybridized carbons (Fsp3) is 0.917. The molecule has 0 aromatic rings. The summed E-state index contributed by atoms with van der Waals surface area (Å²) in [5.74, 6) is 0.639. The van der Waals surface area contributed by atoms with Gasteiger partial charge < -0.3 is 20.1 Å². The van der Waals surface area contributed by atoms with Crippen LogP contribution >= 0.6 is 0 Å². The van der Waals surface area contributed by atoms with Gasteiger partial charge in [-0.1, -0.05) is 0 Å². The fourth-order valence-electron chi connectivity index (χ4n) is 2.60. The van der Waals surface area contributed by atoms with Crippen LogP contribution in [0.3, 0.4) is 0 Å². The minimum absolute atomic E-state index is 0.286. The number of fused-ring (bicyclic) bond motifs is 1. The number of hydrogen-bond acceptors (Lipinski definition) is 4. The number of aliphatic hydroxyl groups excluding tert-OH is 1. The molecule has 1 amide bonds. The van der Waals surface area contributed by atoms with Crippen LogP contribution in [0, 0.1) is 11.8 Å². The minimum Gasteiger partial charge on any atom is -0.444 e. The fourth-order valence-corrected chi connectivity index (χ4v) is 2.60. The molecule has 5 heteroatoms. The average Bonchev–Trinajstić information content (AvgIpc) is 2.63. The molecule has 0 aromatic heterocycles. The first-order chi connectivity index (χ1) is 7.87. The second-order valence-electron chi connectivity index (χ2n) is 6.03. The third-order valence-corrected chi connectivity index (χ3v) is 3.40. The molecule has 2 aliphatic heterocycles. The zero-order valence-electron chi connectivity index (χ0n) is 10.8. The smallest absolute Gasteiger partial charge is 0.410 e. The molecule has 0 aliphatic carbocycles. The quantitative estimate of drug-likeness (QED) is 0.647. The van der Waals surface area contributed by atoms with Gasteiger partial charge in [0.1, 0.15) is 5.60 Å². The lowest BCUT2D eigenvalue weighted by Gasteiger charge is -2.38. The van der Waals surface area contributed by atoms with E-state index < -0.39 is 11.7 Å². The molecule has 2 aliphatic rings. The monoisotopic (exact) mass is 242 g/mol. The molecule has 0 bridgehead atoms. The number of carbonyl (C=O) groups excluding carboxylic acids is 1.